The molecule has 1 aliphatic rings. The molecule has 0 N–H and O–H groups in total. The zero-order valence-corrected chi connectivity index (χ0v) is 16.8. The number of hydrogen-bond donors (Lipinski definition) is 0. The number of hydrogen-bond acceptors (Lipinski definition) is 3. The second-order valence-corrected chi connectivity index (χ2v) is 7.28. The molecule has 3 aromatic carbocycles. The van der Waals surface area contributed by atoms with Crippen LogP contribution in [-0.2, 0) is 0 Å². The van der Waals surface area contributed by atoms with Gasteiger partial charge in [-0.25, -0.2) is 4.39 Å². The molecule has 1 fully saturated rings. The Morgan fingerprint density at radius 3 is 2.03 bits per heavy atom. The summed E-state index contributed by atoms with van der Waals surface area (Å²) in [5, 5.41) is 1.72. The monoisotopic (exact) mass is 406 g/mol. The molecule has 1 aliphatic heterocycles. The number of methoxy groups -OCH3 is 1. The van der Waals surface area contributed by atoms with Crippen LogP contribution in [0.2, 0.25) is 0 Å². The average molecular weight is 406 g/mol. The van der Waals surface area contributed by atoms with Crippen LogP contribution < -0.4 is 4.74 Å². The summed E-state index contributed by atoms with van der Waals surface area (Å²) in [7, 11) is 1.61. The van der Waals surface area contributed by atoms with Crippen LogP contribution in [0.1, 0.15) is 27.1 Å². The molecule has 3 aromatic rings. The van der Waals surface area contributed by atoms with E-state index >= 15 is 0 Å². The molecule has 1 saturated heterocycles. The highest BCUT2D eigenvalue weighted by Crippen LogP contribution is 2.29. The van der Waals surface area contributed by atoms with Gasteiger partial charge in [0, 0.05) is 37.1 Å². The van der Waals surface area contributed by atoms with E-state index in [-0.39, 0.29) is 17.4 Å². The van der Waals surface area contributed by atoms with Crippen LogP contribution in [0.15, 0.2) is 60.7 Å². The van der Waals surface area contributed by atoms with E-state index in [0.29, 0.717) is 38.2 Å². The minimum atomic E-state index is -0.524. The Morgan fingerprint density at radius 2 is 1.37 bits per heavy atom. The highest BCUT2D eigenvalue weighted by molar-refractivity contribution is 6.08. The van der Waals surface area contributed by atoms with Gasteiger partial charge in [-0.1, -0.05) is 36.4 Å². The molecular weight excluding hydrogens is 383 g/mol. The van der Waals surface area contributed by atoms with Gasteiger partial charge < -0.3 is 14.5 Å². The van der Waals surface area contributed by atoms with Crippen molar-refractivity contribution in [3.8, 4) is 5.75 Å². The second-order valence-electron chi connectivity index (χ2n) is 7.28. The van der Waals surface area contributed by atoms with E-state index in [9.17, 15) is 14.0 Å². The molecular formula is C24H23FN2O3. The molecule has 0 radical (unpaired) electrons. The summed E-state index contributed by atoms with van der Waals surface area (Å²) in [4.78, 5) is 29.4. The average Bonchev–Trinajstić information content (AvgIpc) is 3.04. The number of benzene rings is 3. The van der Waals surface area contributed by atoms with Gasteiger partial charge in [0.1, 0.15) is 11.6 Å². The number of amides is 2. The SMILES string of the molecule is COc1ccc(C(=O)N2CCCN(C(=O)c3ccccc3F)CC2)c2ccccc12. The molecule has 0 spiro atoms. The van der Waals surface area contributed by atoms with Crippen LogP contribution in [0.5, 0.6) is 5.75 Å². The molecule has 0 aromatic heterocycles. The predicted molar refractivity (Wildman–Crippen MR) is 113 cm³/mol. The first-order valence-corrected chi connectivity index (χ1v) is 9.99. The Labute approximate surface area is 174 Å². The van der Waals surface area contributed by atoms with Gasteiger partial charge in [-0.2, -0.15) is 0 Å². The lowest BCUT2D eigenvalue weighted by atomic mass is 10.0. The minimum absolute atomic E-state index is 0.0680. The molecule has 4 rings (SSSR count). The van der Waals surface area contributed by atoms with E-state index in [1.165, 1.54) is 12.1 Å². The van der Waals surface area contributed by atoms with Crippen LogP contribution in [0.25, 0.3) is 10.8 Å². The van der Waals surface area contributed by atoms with E-state index in [0.717, 1.165) is 16.5 Å². The van der Waals surface area contributed by atoms with Gasteiger partial charge in [0.2, 0.25) is 0 Å². The van der Waals surface area contributed by atoms with Crippen molar-refractivity contribution in [2.45, 2.75) is 6.42 Å². The highest BCUT2D eigenvalue weighted by atomic mass is 19.1. The number of carbonyl (C=O) groups excluding carboxylic acids is 2. The zero-order valence-electron chi connectivity index (χ0n) is 16.8. The summed E-state index contributed by atoms with van der Waals surface area (Å²) in [6.45, 7) is 1.80. The van der Waals surface area contributed by atoms with Gasteiger partial charge in [0.15, 0.2) is 0 Å². The van der Waals surface area contributed by atoms with Gasteiger partial charge in [-0.15, -0.1) is 0 Å². The number of ether oxygens (including phenoxy) is 1. The quantitative estimate of drug-likeness (QED) is 0.661. The molecule has 0 atom stereocenters. The molecule has 1 heterocycles. The predicted octanol–water partition coefficient (Wildman–Crippen LogP) is 3.98. The first-order chi connectivity index (χ1) is 14.6. The topological polar surface area (TPSA) is 49.9 Å². The first kappa shape index (κ1) is 19.9. The third-order valence-electron chi connectivity index (χ3n) is 5.51. The molecule has 0 unspecified atom stereocenters. The lowest BCUT2D eigenvalue weighted by Crippen LogP contribution is -2.37. The van der Waals surface area contributed by atoms with Crippen LogP contribution >= 0.6 is 0 Å². The third kappa shape index (κ3) is 3.73. The Bertz CT molecular complexity index is 1100. The minimum Gasteiger partial charge on any atom is -0.496 e. The van der Waals surface area contributed by atoms with Gasteiger partial charge >= 0.3 is 0 Å². The van der Waals surface area contributed by atoms with Crippen LogP contribution in [0.4, 0.5) is 4.39 Å². The summed E-state index contributed by atoms with van der Waals surface area (Å²) < 4.78 is 19.4. The van der Waals surface area contributed by atoms with Gasteiger partial charge in [0.25, 0.3) is 11.8 Å². The fourth-order valence-electron chi connectivity index (χ4n) is 3.93. The molecule has 0 saturated carbocycles. The molecule has 0 bridgehead atoms. The van der Waals surface area contributed by atoms with Crippen LogP contribution in [0.3, 0.4) is 0 Å². The number of fused-ring (bicyclic) bond motifs is 1. The highest BCUT2D eigenvalue weighted by Gasteiger charge is 2.25. The molecule has 6 heteroatoms. The van der Waals surface area contributed by atoms with E-state index in [2.05, 4.69) is 0 Å². The summed E-state index contributed by atoms with van der Waals surface area (Å²) in [6.07, 6.45) is 0.639. The molecule has 0 aliphatic carbocycles. The normalized spacial score (nSPS) is 14.5. The zero-order chi connectivity index (χ0) is 21.1. The Hall–Kier alpha value is -3.41. The Kier molecular flexibility index (Phi) is 5.65. The van der Waals surface area contributed by atoms with Crippen molar-refractivity contribution in [2.75, 3.05) is 33.3 Å². The maximum atomic E-state index is 14.0. The van der Waals surface area contributed by atoms with Gasteiger partial charge in [0.05, 0.1) is 12.7 Å². The van der Waals surface area contributed by atoms with Crippen molar-refractivity contribution in [3.63, 3.8) is 0 Å². The third-order valence-corrected chi connectivity index (χ3v) is 5.51. The van der Waals surface area contributed by atoms with Crippen molar-refractivity contribution in [1.82, 2.24) is 9.80 Å². The molecule has 154 valence electrons. The van der Waals surface area contributed by atoms with Crippen LogP contribution in [0, 0.1) is 5.82 Å². The summed E-state index contributed by atoms with van der Waals surface area (Å²) in [6, 6.07) is 17.3. The number of halogens is 1. The second kappa shape index (κ2) is 8.53. The first-order valence-electron chi connectivity index (χ1n) is 9.99. The summed E-state index contributed by atoms with van der Waals surface area (Å²) in [5.74, 6) is -0.213. The Balaban J connectivity index is 1.54. The van der Waals surface area contributed by atoms with Crippen molar-refractivity contribution in [2.24, 2.45) is 0 Å². The van der Waals surface area contributed by atoms with Crippen molar-refractivity contribution < 1.29 is 18.7 Å². The molecule has 30 heavy (non-hydrogen) atoms. The Morgan fingerprint density at radius 1 is 0.767 bits per heavy atom. The fraction of sp³-hybridized carbons (Fsp3) is 0.250. The van der Waals surface area contributed by atoms with E-state index in [4.69, 9.17) is 4.74 Å². The molecule has 5 nitrogen and oxygen atoms in total. The van der Waals surface area contributed by atoms with Gasteiger partial charge in [-0.05, 0) is 36.1 Å². The maximum absolute atomic E-state index is 14.0. The fourth-order valence-corrected chi connectivity index (χ4v) is 3.93. The van der Waals surface area contributed by atoms with Crippen LogP contribution in [-0.4, -0.2) is 54.9 Å². The number of nitrogens with zero attached hydrogens (tertiary/aromatic N) is 2. The molecule has 2 amide bonds. The lowest BCUT2D eigenvalue weighted by molar-refractivity contribution is 0.0717. The van der Waals surface area contributed by atoms with E-state index in [1.54, 1.807) is 41.2 Å². The van der Waals surface area contributed by atoms with E-state index < -0.39 is 5.82 Å². The standard InChI is InChI=1S/C24H23FN2O3/c1-30-22-12-11-19(17-7-2-3-8-18(17)22)23(28)26-13-6-14-27(16-15-26)24(29)20-9-4-5-10-21(20)25/h2-5,7-12H,6,13-16H2,1H3. The van der Waals surface area contributed by atoms with Crippen molar-refractivity contribution >= 4 is 22.6 Å². The van der Waals surface area contributed by atoms with Crippen molar-refractivity contribution in [1.29, 1.82) is 0 Å². The smallest absolute Gasteiger partial charge is 0.256 e. The van der Waals surface area contributed by atoms with Crippen molar-refractivity contribution in [3.05, 3.63) is 77.6 Å². The summed E-state index contributed by atoms with van der Waals surface area (Å²) in [5.41, 5.74) is 0.679. The summed E-state index contributed by atoms with van der Waals surface area (Å²) >= 11 is 0. The van der Waals surface area contributed by atoms with E-state index in [1.807, 2.05) is 24.3 Å². The van der Waals surface area contributed by atoms with Gasteiger partial charge in [-0.3, -0.25) is 9.59 Å². The lowest BCUT2D eigenvalue weighted by Gasteiger charge is -2.23. The largest absolute Gasteiger partial charge is 0.496 e. The maximum Gasteiger partial charge on any atom is 0.256 e. The number of carbonyl (C=O) groups is 2. The number of rotatable bonds is 3.